The van der Waals surface area contributed by atoms with E-state index in [0.29, 0.717) is 6.04 Å². The van der Waals surface area contributed by atoms with E-state index in [4.69, 9.17) is 0 Å². The number of benzene rings is 1. The normalized spacial score (nSPS) is 14.5. The molecule has 1 rings (SSSR count). The Bertz CT molecular complexity index is 357. The summed E-state index contributed by atoms with van der Waals surface area (Å²) in [6.07, 6.45) is 3.68. The predicted molar refractivity (Wildman–Crippen MR) is 81.2 cm³/mol. The third kappa shape index (κ3) is 5.22. The van der Waals surface area contributed by atoms with Crippen molar-refractivity contribution >= 4 is 0 Å². The first kappa shape index (κ1) is 15.2. The number of rotatable bonds is 7. The summed E-state index contributed by atoms with van der Waals surface area (Å²) in [6, 6.07) is 7.42. The van der Waals surface area contributed by atoms with E-state index >= 15 is 0 Å². The van der Waals surface area contributed by atoms with E-state index in [1.165, 1.54) is 36.0 Å². The molecule has 1 N–H and O–H groups in total. The molecule has 0 radical (unpaired) electrons. The second-order valence-electron chi connectivity index (χ2n) is 5.83. The highest BCUT2D eigenvalue weighted by atomic mass is 14.9. The van der Waals surface area contributed by atoms with Crippen LogP contribution in [0.4, 0.5) is 0 Å². The van der Waals surface area contributed by atoms with E-state index in [1.54, 1.807) is 0 Å². The molecule has 0 saturated carbocycles. The predicted octanol–water partition coefficient (Wildman–Crippen LogP) is 4.26. The average molecular weight is 247 g/mol. The van der Waals surface area contributed by atoms with Gasteiger partial charge < -0.3 is 5.32 Å². The van der Waals surface area contributed by atoms with Crippen LogP contribution in [0.2, 0.25) is 0 Å². The number of aryl methyl sites for hydroxylation is 2. The Kier molecular flexibility index (Phi) is 6.42. The zero-order chi connectivity index (χ0) is 13.5. The third-order valence-electron chi connectivity index (χ3n) is 3.57. The van der Waals surface area contributed by atoms with Gasteiger partial charge in [-0.1, -0.05) is 37.6 Å². The van der Waals surface area contributed by atoms with E-state index in [-0.39, 0.29) is 0 Å². The first-order valence-electron chi connectivity index (χ1n) is 7.32. The van der Waals surface area contributed by atoms with Crippen molar-refractivity contribution in [2.75, 3.05) is 6.54 Å². The van der Waals surface area contributed by atoms with Crippen LogP contribution >= 0.6 is 0 Å². The van der Waals surface area contributed by atoms with Gasteiger partial charge in [0, 0.05) is 6.04 Å². The molecule has 2 atom stereocenters. The molecule has 0 aliphatic rings. The van der Waals surface area contributed by atoms with Gasteiger partial charge in [-0.05, 0) is 63.6 Å². The minimum Gasteiger partial charge on any atom is -0.314 e. The SMILES string of the molecule is CCCNC(C)CC(C)Cc1cc(C)ccc1C. The zero-order valence-electron chi connectivity index (χ0n) is 12.7. The van der Waals surface area contributed by atoms with Crippen molar-refractivity contribution in [3.8, 4) is 0 Å². The topological polar surface area (TPSA) is 12.0 Å². The number of nitrogens with one attached hydrogen (secondary N) is 1. The lowest BCUT2D eigenvalue weighted by Crippen LogP contribution is -2.28. The quantitative estimate of drug-likeness (QED) is 0.759. The molecule has 0 aromatic heterocycles. The van der Waals surface area contributed by atoms with Crippen LogP contribution in [0.3, 0.4) is 0 Å². The highest BCUT2D eigenvalue weighted by molar-refractivity contribution is 5.30. The van der Waals surface area contributed by atoms with Crippen LogP contribution in [0.15, 0.2) is 18.2 Å². The summed E-state index contributed by atoms with van der Waals surface area (Å²) in [7, 11) is 0. The summed E-state index contributed by atoms with van der Waals surface area (Å²) in [4.78, 5) is 0. The molecule has 0 heterocycles. The van der Waals surface area contributed by atoms with Gasteiger partial charge >= 0.3 is 0 Å². The fourth-order valence-electron chi connectivity index (χ4n) is 2.56. The summed E-state index contributed by atoms with van der Waals surface area (Å²) < 4.78 is 0. The standard InChI is InChI=1S/C17H29N/c1-6-9-18-16(5)10-14(3)12-17-11-13(2)7-8-15(17)4/h7-8,11,14,16,18H,6,9-10,12H2,1-5H3. The third-order valence-corrected chi connectivity index (χ3v) is 3.57. The molecular formula is C17H29N. The second-order valence-corrected chi connectivity index (χ2v) is 5.83. The molecule has 1 heteroatoms. The maximum Gasteiger partial charge on any atom is 0.00413 e. The van der Waals surface area contributed by atoms with E-state index < -0.39 is 0 Å². The number of hydrogen-bond acceptors (Lipinski definition) is 1. The molecule has 2 unspecified atom stereocenters. The summed E-state index contributed by atoms with van der Waals surface area (Å²) >= 11 is 0. The molecule has 1 aromatic rings. The molecule has 1 nitrogen and oxygen atoms in total. The fourth-order valence-corrected chi connectivity index (χ4v) is 2.56. The minimum absolute atomic E-state index is 0.630. The Balaban J connectivity index is 2.48. The maximum atomic E-state index is 3.57. The van der Waals surface area contributed by atoms with Gasteiger partial charge in [-0.15, -0.1) is 0 Å². The molecule has 102 valence electrons. The van der Waals surface area contributed by atoms with Crippen LogP contribution in [0.25, 0.3) is 0 Å². The van der Waals surface area contributed by atoms with E-state index in [1.807, 2.05) is 0 Å². The molecule has 0 fully saturated rings. The summed E-state index contributed by atoms with van der Waals surface area (Å²) in [5.41, 5.74) is 4.33. The lowest BCUT2D eigenvalue weighted by atomic mass is 9.92. The van der Waals surface area contributed by atoms with Gasteiger partial charge in [-0.25, -0.2) is 0 Å². The minimum atomic E-state index is 0.630. The summed E-state index contributed by atoms with van der Waals surface area (Å²) in [5.74, 6) is 0.741. The van der Waals surface area contributed by atoms with Crippen molar-refractivity contribution in [2.45, 2.75) is 59.9 Å². The van der Waals surface area contributed by atoms with Gasteiger partial charge in [-0.2, -0.15) is 0 Å². The number of hydrogen-bond donors (Lipinski definition) is 1. The van der Waals surface area contributed by atoms with Gasteiger partial charge in [-0.3, -0.25) is 0 Å². The highest BCUT2D eigenvalue weighted by Gasteiger charge is 2.10. The molecule has 0 spiro atoms. The Hall–Kier alpha value is -0.820. The smallest absolute Gasteiger partial charge is 0.00413 e. The monoisotopic (exact) mass is 247 g/mol. The van der Waals surface area contributed by atoms with E-state index in [0.717, 1.165) is 12.5 Å². The van der Waals surface area contributed by atoms with Crippen LogP contribution in [0.1, 0.15) is 50.3 Å². The van der Waals surface area contributed by atoms with Crippen molar-refractivity contribution in [2.24, 2.45) is 5.92 Å². The largest absolute Gasteiger partial charge is 0.314 e. The van der Waals surface area contributed by atoms with Crippen LogP contribution < -0.4 is 5.32 Å². The first-order chi connectivity index (χ1) is 8.52. The lowest BCUT2D eigenvalue weighted by molar-refractivity contribution is 0.419. The van der Waals surface area contributed by atoms with Crippen LogP contribution in [0, 0.1) is 19.8 Å². The average Bonchev–Trinajstić information content (AvgIpc) is 2.31. The Morgan fingerprint density at radius 2 is 1.89 bits per heavy atom. The zero-order valence-corrected chi connectivity index (χ0v) is 12.7. The van der Waals surface area contributed by atoms with E-state index in [2.05, 4.69) is 58.1 Å². The molecule has 0 saturated heterocycles. The van der Waals surface area contributed by atoms with Gasteiger partial charge in [0.1, 0.15) is 0 Å². The van der Waals surface area contributed by atoms with Gasteiger partial charge in [0.15, 0.2) is 0 Å². The molecule has 0 aliphatic heterocycles. The van der Waals surface area contributed by atoms with Gasteiger partial charge in [0.05, 0.1) is 0 Å². The Labute approximate surface area is 113 Å². The second kappa shape index (κ2) is 7.58. The van der Waals surface area contributed by atoms with Crippen LogP contribution in [-0.2, 0) is 6.42 Å². The summed E-state index contributed by atoms with van der Waals surface area (Å²) in [5, 5.41) is 3.57. The molecular weight excluding hydrogens is 218 g/mol. The van der Waals surface area contributed by atoms with Crippen molar-refractivity contribution in [3.05, 3.63) is 34.9 Å². The molecule has 0 aliphatic carbocycles. The molecule has 0 bridgehead atoms. The van der Waals surface area contributed by atoms with Crippen LogP contribution in [0.5, 0.6) is 0 Å². The van der Waals surface area contributed by atoms with E-state index in [9.17, 15) is 0 Å². The lowest BCUT2D eigenvalue weighted by Gasteiger charge is -2.19. The van der Waals surface area contributed by atoms with Gasteiger partial charge in [0.25, 0.3) is 0 Å². The maximum absolute atomic E-state index is 3.57. The van der Waals surface area contributed by atoms with Crippen molar-refractivity contribution in [1.29, 1.82) is 0 Å². The summed E-state index contributed by atoms with van der Waals surface area (Å²) in [6.45, 7) is 12.4. The highest BCUT2D eigenvalue weighted by Crippen LogP contribution is 2.18. The Morgan fingerprint density at radius 1 is 1.17 bits per heavy atom. The van der Waals surface area contributed by atoms with Crippen molar-refractivity contribution in [3.63, 3.8) is 0 Å². The van der Waals surface area contributed by atoms with Crippen LogP contribution in [-0.4, -0.2) is 12.6 Å². The van der Waals surface area contributed by atoms with Crippen molar-refractivity contribution < 1.29 is 0 Å². The fraction of sp³-hybridized carbons (Fsp3) is 0.647. The molecule has 1 aromatic carbocycles. The first-order valence-corrected chi connectivity index (χ1v) is 7.32. The van der Waals surface area contributed by atoms with Gasteiger partial charge in [0.2, 0.25) is 0 Å². The molecule has 0 amide bonds. The Morgan fingerprint density at radius 3 is 2.56 bits per heavy atom. The molecule has 18 heavy (non-hydrogen) atoms. The van der Waals surface area contributed by atoms with Crippen molar-refractivity contribution in [1.82, 2.24) is 5.32 Å².